The molecule has 0 saturated carbocycles. The normalized spacial score (nSPS) is 12.0. The van der Waals surface area contributed by atoms with Gasteiger partial charge in [-0.25, -0.2) is 8.42 Å². The quantitative estimate of drug-likeness (QED) is 0.825. The lowest BCUT2D eigenvalue weighted by atomic mass is 10.1. The number of aryl methyl sites for hydroxylation is 1. The molecule has 0 spiro atoms. The number of alkyl halides is 3. The Hall–Kier alpha value is -2.39. The van der Waals surface area contributed by atoms with E-state index >= 15 is 0 Å². The Balaban J connectivity index is 2.08. The Bertz CT molecular complexity index is 830. The molecule has 128 valence electrons. The van der Waals surface area contributed by atoms with Crippen LogP contribution in [-0.2, 0) is 16.2 Å². The molecule has 0 aliphatic rings. The van der Waals surface area contributed by atoms with Crippen LogP contribution in [0.4, 0.5) is 13.2 Å². The lowest BCUT2D eigenvalue weighted by Crippen LogP contribution is -2.41. The van der Waals surface area contributed by atoms with E-state index in [2.05, 4.69) is 0 Å². The van der Waals surface area contributed by atoms with Gasteiger partial charge in [0.1, 0.15) is 0 Å². The fourth-order valence-corrected chi connectivity index (χ4v) is 2.61. The minimum atomic E-state index is -4.56. The zero-order chi connectivity index (χ0) is 18.0. The van der Waals surface area contributed by atoms with Crippen molar-refractivity contribution in [2.45, 2.75) is 18.0 Å². The number of sulfonamides is 1. The van der Waals surface area contributed by atoms with Crippen molar-refractivity contribution in [1.29, 1.82) is 0 Å². The molecule has 1 amide bonds. The van der Waals surface area contributed by atoms with Crippen LogP contribution in [0.3, 0.4) is 0 Å². The summed E-state index contributed by atoms with van der Waals surface area (Å²) in [6, 6.07) is 9.30. The van der Waals surface area contributed by atoms with E-state index in [1.165, 1.54) is 12.1 Å². The number of carbonyl (C=O) groups excluding carboxylic acids is 1. The maximum Gasteiger partial charge on any atom is 0.416 e. The lowest BCUT2D eigenvalue weighted by molar-refractivity contribution is -0.137. The molecule has 5 nitrogen and oxygen atoms in total. The van der Waals surface area contributed by atoms with Gasteiger partial charge >= 0.3 is 6.18 Å². The Morgan fingerprint density at radius 3 is 2.00 bits per heavy atom. The van der Waals surface area contributed by atoms with Gasteiger partial charge in [0.2, 0.25) is 0 Å². The molecule has 0 aliphatic carbocycles. The highest BCUT2D eigenvalue weighted by molar-refractivity contribution is 7.89. The summed E-state index contributed by atoms with van der Waals surface area (Å²) in [5.41, 5.74) is 2.20. The Morgan fingerprint density at radius 2 is 1.50 bits per heavy atom. The second-order valence-corrected chi connectivity index (χ2v) is 6.63. The van der Waals surface area contributed by atoms with Crippen LogP contribution in [0.1, 0.15) is 21.5 Å². The van der Waals surface area contributed by atoms with Gasteiger partial charge in [-0.2, -0.15) is 13.2 Å². The van der Waals surface area contributed by atoms with E-state index in [1.54, 1.807) is 12.1 Å². The van der Waals surface area contributed by atoms with Crippen LogP contribution in [0, 0.1) is 6.92 Å². The first kappa shape index (κ1) is 18.0. The number of hydrazine groups is 1. The molecule has 0 bridgehead atoms. The van der Waals surface area contributed by atoms with Crippen molar-refractivity contribution < 1.29 is 26.4 Å². The fraction of sp³-hybridized carbons (Fsp3) is 0.133. The van der Waals surface area contributed by atoms with Gasteiger partial charge in [0.25, 0.3) is 15.9 Å². The third kappa shape index (κ3) is 4.33. The predicted octanol–water partition coefficient (Wildman–Crippen LogP) is 2.64. The number of carbonyl (C=O) groups is 1. The molecule has 0 atom stereocenters. The van der Waals surface area contributed by atoms with Crippen LogP contribution in [0.5, 0.6) is 0 Å². The number of benzene rings is 2. The first-order valence-corrected chi connectivity index (χ1v) is 8.14. The first-order chi connectivity index (χ1) is 11.1. The van der Waals surface area contributed by atoms with Crippen LogP contribution in [-0.4, -0.2) is 14.3 Å². The Kier molecular flexibility index (Phi) is 4.95. The van der Waals surface area contributed by atoms with Crippen molar-refractivity contribution >= 4 is 15.9 Å². The maximum atomic E-state index is 12.5. The Morgan fingerprint density at radius 1 is 0.958 bits per heavy atom. The SMILES string of the molecule is Cc1ccc(C(=O)NNS(=O)(=O)c2ccc(C(F)(F)F)cc2)cc1. The smallest absolute Gasteiger partial charge is 0.273 e. The highest BCUT2D eigenvalue weighted by Crippen LogP contribution is 2.29. The predicted molar refractivity (Wildman–Crippen MR) is 80.4 cm³/mol. The molecule has 24 heavy (non-hydrogen) atoms. The second kappa shape index (κ2) is 6.62. The molecule has 2 aromatic carbocycles. The molecule has 2 N–H and O–H groups in total. The van der Waals surface area contributed by atoms with E-state index in [4.69, 9.17) is 0 Å². The molecule has 2 rings (SSSR count). The van der Waals surface area contributed by atoms with Gasteiger partial charge < -0.3 is 0 Å². The lowest BCUT2D eigenvalue weighted by Gasteiger charge is -2.10. The minimum Gasteiger partial charge on any atom is -0.273 e. The molecule has 0 radical (unpaired) electrons. The molecule has 0 unspecified atom stereocenters. The van der Waals surface area contributed by atoms with Crippen molar-refractivity contribution in [3.8, 4) is 0 Å². The fourth-order valence-electron chi connectivity index (χ4n) is 1.77. The summed E-state index contributed by atoms with van der Waals surface area (Å²) in [6.07, 6.45) is -4.56. The number of nitrogens with one attached hydrogen (secondary N) is 2. The van der Waals surface area contributed by atoms with Gasteiger partial charge in [0, 0.05) is 5.56 Å². The van der Waals surface area contributed by atoms with Crippen molar-refractivity contribution in [3.63, 3.8) is 0 Å². The second-order valence-electron chi connectivity index (χ2n) is 4.95. The average molecular weight is 358 g/mol. The summed E-state index contributed by atoms with van der Waals surface area (Å²) in [4.78, 5) is 13.3. The van der Waals surface area contributed by atoms with Gasteiger partial charge in [-0.3, -0.25) is 10.2 Å². The molecule has 2 aromatic rings. The minimum absolute atomic E-state index is 0.232. The van der Waals surface area contributed by atoms with Crippen LogP contribution >= 0.6 is 0 Å². The standard InChI is InChI=1S/C15H13F3N2O3S/c1-10-2-4-11(5-3-10)14(21)19-20-24(22,23)13-8-6-12(7-9-13)15(16,17)18/h2-9,20H,1H3,(H,19,21). The van der Waals surface area contributed by atoms with Crippen LogP contribution in [0.15, 0.2) is 53.4 Å². The molecular formula is C15H13F3N2O3S. The summed E-state index contributed by atoms with van der Waals surface area (Å²) >= 11 is 0. The largest absolute Gasteiger partial charge is 0.416 e. The van der Waals surface area contributed by atoms with Crippen molar-refractivity contribution in [2.24, 2.45) is 0 Å². The van der Waals surface area contributed by atoms with E-state index < -0.39 is 32.6 Å². The monoisotopic (exact) mass is 358 g/mol. The highest BCUT2D eigenvalue weighted by atomic mass is 32.2. The number of hydrogen-bond acceptors (Lipinski definition) is 3. The average Bonchev–Trinajstić information content (AvgIpc) is 2.53. The van der Waals surface area contributed by atoms with Gasteiger partial charge in [-0.05, 0) is 43.3 Å². The van der Waals surface area contributed by atoms with Crippen LogP contribution < -0.4 is 10.3 Å². The van der Waals surface area contributed by atoms with E-state index in [0.717, 1.165) is 17.7 Å². The van der Waals surface area contributed by atoms with Gasteiger partial charge in [-0.15, -0.1) is 4.83 Å². The van der Waals surface area contributed by atoms with Gasteiger partial charge in [0.15, 0.2) is 0 Å². The van der Waals surface area contributed by atoms with Gasteiger partial charge in [-0.1, -0.05) is 17.7 Å². The van der Waals surface area contributed by atoms with Crippen LogP contribution in [0.2, 0.25) is 0 Å². The van der Waals surface area contributed by atoms with Crippen molar-refractivity contribution in [2.75, 3.05) is 0 Å². The summed E-state index contributed by atoms with van der Waals surface area (Å²) in [6.45, 7) is 1.83. The number of rotatable bonds is 4. The number of halogens is 3. The molecule has 0 aromatic heterocycles. The van der Waals surface area contributed by atoms with E-state index in [0.29, 0.717) is 12.1 Å². The molecule has 0 aliphatic heterocycles. The molecule has 0 heterocycles. The number of amides is 1. The van der Waals surface area contributed by atoms with Crippen molar-refractivity contribution in [1.82, 2.24) is 10.3 Å². The molecule has 0 fully saturated rings. The molecular weight excluding hydrogens is 345 g/mol. The third-order valence-electron chi connectivity index (χ3n) is 3.10. The number of hydrogen-bond donors (Lipinski definition) is 2. The van der Waals surface area contributed by atoms with Gasteiger partial charge in [0.05, 0.1) is 10.5 Å². The summed E-state index contributed by atoms with van der Waals surface area (Å²) < 4.78 is 61.3. The summed E-state index contributed by atoms with van der Waals surface area (Å²) in [5, 5.41) is 0. The van der Waals surface area contributed by atoms with Crippen molar-refractivity contribution in [3.05, 3.63) is 65.2 Å². The zero-order valence-electron chi connectivity index (χ0n) is 12.4. The maximum absolute atomic E-state index is 12.5. The van der Waals surface area contributed by atoms with Crippen LogP contribution in [0.25, 0.3) is 0 Å². The van der Waals surface area contributed by atoms with E-state index in [1.807, 2.05) is 17.2 Å². The molecule has 9 heteroatoms. The van der Waals surface area contributed by atoms with E-state index in [9.17, 15) is 26.4 Å². The van der Waals surface area contributed by atoms with E-state index in [-0.39, 0.29) is 5.56 Å². The third-order valence-corrected chi connectivity index (χ3v) is 4.37. The Labute approximate surface area is 136 Å². The summed E-state index contributed by atoms with van der Waals surface area (Å²) in [7, 11) is -4.18. The topological polar surface area (TPSA) is 75.3 Å². The first-order valence-electron chi connectivity index (χ1n) is 6.66. The summed E-state index contributed by atoms with van der Waals surface area (Å²) in [5.74, 6) is -0.689. The highest BCUT2D eigenvalue weighted by Gasteiger charge is 2.30. The molecule has 0 saturated heterocycles. The zero-order valence-corrected chi connectivity index (χ0v) is 13.2.